The number of hydrogen-bond donors (Lipinski definition) is 1. The highest BCUT2D eigenvalue weighted by Gasteiger charge is 2.18. The zero-order chi connectivity index (χ0) is 16.8. The lowest BCUT2D eigenvalue weighted by Gasteiger charge is -2.19. The quantitative estimate of drug-likeness (QED) is 0.710. The van der Waals surface area contributed by atoms with E-state index in [0.717, 1.165) is 28.8 Å². The SMILES string of the molecule is CCCCCCC(C)c1c(-c2ccc(F)cc2)nnc(N)c1C. The van der Waals surface area contributed by atoms with E-state index < -0.39 is 0 Å². The second kappa shape index (κ2) is 8.04. The summed E-state index contributed by atoms with van der Waals surface area (Å²) in [7, 11) is 0. The van der Waals surface area contributed by atoms with Crippen LogP contribution in [0.5, 0.6) is 0 Å². The average molecular weight is 315 g/mol. The van der Waals surface area contributed by atoms with Gasteiger partial charge in [0.15, 0.2) is 0 Å². The van der Waals surface area contributed by atoms with E-state index >= 15 is 0 Å². The van der Waals surface area contributed by atoms with Crippen LogP contribution >= 0.6 is 0 Å². The van der Waals surface area contributed by atoms with E-state index in [1.54, 1.807) is 12.1 Å². The van der Waals surface area contributed by atoms with Crippen LogP contribution in [0.2, 0.25) is 0 Å². The maximum absolute atomic E-state index is 13.2. The molecule has 0 saturated carbocycles. The molecule has 1 aromatic carbocycles. The Kier molecular flexibility index (Phi) is 6.08. The van der Waals surface area contributed by atoms with Gasteiger partial charge in [-0.3, -0.25) is 0 Å². The maximum atomic E-state index is 13.2. The first-order chi connectivity index (χ1) is 11.0. The Morgan fingerprint density at radius 2 is 1.78 bits per heavy atom. The van der Waals surface area contributed by atoms with Gasteiger partial charge in [0.1, 0.15) is 11.6 Å². The van der Waals surface area contributed by atoms with Crippen molar-refractivity contribution < 1.29 is 4.39 Å². The molecular formula is C19H26FN3. The summed E-state index contributed by atoms with van der Waals surface area (Å²) in [4.78, 5) is 0. The number of aromatic nitrogens is 2. The monoisotopic (exact) mass is 315 g/mol. The Labute approximate surface area is 138 Å². The molecule has 0 aliphatic carbocycles. The Balaban J connectivity index is 2.32. The molecule has 1 heterocycles. The minimum absolute atomic E-state index is 0.247. The molecule has 1 aromatic heterocycles. The summed E-state index contributed by atoms with van der Waals surface area (Å²) in [5.74, 6) is 0.582. The zero-order valence-electron chi connectivity index (χ0n) is 14.3. The van der Waals surface area contributed by atoms with Gasteiger partial charge < -0.3 is 5.73 Å². The van der Waals surface area contributed by atoms with Crippen LogP contribution in [0.15, 0.2) is 24.3 Å². The molecule has 2 N–H and O–H groups in total. The van der Waals surface area contributed by atoms with Crippen molar-refractivity contribution in [2.45, 2.75) is 58.8 Å². The summed E-state index contributed by atoms with van der Waals surface area (Å²) in [6.07, 6.45) is 6.05. The van der Waals surface area contributed by atoms with Gasteiger partial charge in [0.05, 0.1) is 5.69 Å². The van der Waals surface area contributed by atoms with Gasteiger partial charge >= 0.3 is 0 Å². The van der Waals surface area contributed by atoms with Crippen LogP contribution < -0.4 is 5.73 Å². The van der Waals surface area contributed by atoms with Crippen molar-refractivity contribution >= 4 is 5.82 Å². The standard InChI is InChI=1S/C19H26FN3/c1-4-5-6-7-8-13(2)17-14(3)19(21)23-22-18(17)15-9-11-16(20)12-10-15/h9-13H,4-8H2,1-3H3,(H2,21,23). The fourth-order valence-corrected chi connectivity index (χ4v) is 2.99. The lowest BCUT2D eigenvalue weighted by atomic mass is 9.88. The molecule has 0 bridgehead atoms. The fourth-order valence-electron chi connectivity index (χ4n) is 2.99. The van der Waals surface area contributed by atoms with E-state index in [4.69, 9.17) is 5.73 Å². The number of halogens is 1. The first kappa shape index (κ1) is 17.4. The van der Waals surface area contributed by atoms with Gasteiger partial charge in [-0.1, -0.05) is 39.5 Å². The number of nitrogen functional groups attached to an aromatic ring is 1. The number of rotatable bonds is 7. The van der Waals surface area contributed by atoms with Crippen LogP contribution in [0, 0.1) is 12.7 Å². The van der Waals surface area contributed by atoms with Gasteiger partial charge in [0.25, 0.3) is 0 Å². The molecule has 0 aliphatic heterocycles. The molecule has 4 heteroatoms. The fraction of sp³-hybridized carbons (Fsp3) is 0.474. The van der Waals surface area contributed by atoms with E-state index in [-0.39, 0.29) is 5.82 Å². The molecule has 0 aliphatic rings. The minimum atomic E-state index is -0.247. The molecule has 2 aromatic rings. The topological polar surface area (TPSA) is 51.8 Å². The Bertz CT molecular complexity index is 638. The van der Waals surface area contributed by atoms with E-state index in [0.29, 0.717) is 11.7 Å². The number of benzene rings is 1. The van der Waals surface area contributed by atoms with E-state index in [1.807, 2.05) is 6.92 Å². The third-order valence-corrected chi connectivity index (χ3v) is 4.40. The molecule has 1 atom stereocenters. The Hall–Kier alpha value is -1.97. The highest BCUT2D eigenvalue weighted by Crippen LogP contribution is 2.34. The van der Waals surface area contributed by atoms with Gasteiger partial charge in [0.2, 0.25) is 0 Å². The average Bonchev–Trinajstić information content (AvgIpc) is 2.54. The predicted molar refractivity (Wildman–Crippen MR) is 93.7 cm³/mol. The highest BCUT2D eigenvalue weighted by atomic mass is 19.1. The summed E-state index contributed by atoms with van der Waals surface area (Å²) >= 11 is 0. The number of hydrogen-bond acceptors (Lipinski definition) is 3. The van der Waals surface area contributed by atoms with E-state index in [2.05, 4.69) is 24.0 Å². The summed E-state index contributed by atoms with van der Waals surface area (Å²) < 4.78 is 13.2. The van der Waals surface area contributed by atoms with Crippen LogP contribution in [0.1, 0.15) is 63.0 Å². The number of unbranched alkanes of at least 4 members (excludes halogenated alkanes) is 3. The van der Waals surface area contributed by atoms with Gasteiger partial charge in [0, 0.05) is 5.56 Å². The van der Waals surface area contributed by atoms with Gasteiger partial charge in [-0.25, -0.2) is 4.39 Å². The van der Waals surface area contributed by atoms with Crippen molar-refractivity contribution in [1.29, 1.82) is 0 Å². The van der Waals surface area contributed by atoms with Crippen molar-refractivity contribution in [2.24, 2.45) is 0 Å². The van der Waals surface area contributed by atoms with Gasteiger partial charge in [-0.05, 0) is 54.7 Å². The van der Waals surface area contributed by atoms with Crippen LogP contribution in [0.4, 0.5) is 10.2 Å². The van der Waals surface area contributed by atoms with Gasteiger partial charge in [-0.15, -0.1) is 10.2 Å². The van der Waals surface area contributed by atoms with Crippen LogP contribution in [0.25, 0.3) is 11.3 Å². The van der Waals surface area contributed by atoms with Crippen LogP contribution in [-0.2, 0) is 0 Å². The molecule has 1 unspecified atom stereocenters. The number of nitrogens with two attached hydrogens (primary N) is 1. The third kappa shape index (κ3) is 4.27. The molecule has 0 radical (unpaired) electrons. The normalized spacial score (nSPS) is 12.3. The molecule has 0 fully saturated rings. The first-order valence-corrected chi connectivity index (χ1v) is 8.43. The number of nitrogens with zero attached hydrogens (tertiary/aromatic N) is 2. The summed E-state index contributed by atoms with van der Waals surface area (Å²) in [6, 6.07) is 6.42. The third-order valence-electron chi connectivity index (χ3n) is 4.40. The summed E-state index contributed by atoms with van der Waals surface area (Å²) in [5, 5.41) is 8.37. The molecule has 2 rings (SSSR count). The minimum Gasteiger partial charge on any atom is -0.382 e. The van der Waals surface area contributed by atoms with Crippen LogP contribution in [0.3, 0.4) is 0 Å². The molecule has 3 nitrogen and oxygen atoms in total. The lowest BCUT2D eigenvalue weighted by Crippen LogP contribution is -2.08. The van der Waals surface area contributed by atoms with Crippen LogP contribution in [-0.4, -0.2) is 10.2 Å². The Morgan fingerprint density at radius 3 is 2.43 bits per heavy atom. The van der Waals surface area contributed by atoms with Gasteiger partial charge in [-0.2, -0.15) is 0 Å². The zero-order valence-corrected chi connectivity index (χ0v) is 14.3. The maximum Gasteiger partial charge on any atom is 0.149 e. The number of anilines is 1. The molecule has 0 amide bonds. The molecular weight excluding hydrogens is 289 g/mol. The van der Waals surface area contributed by atoms with Crippen molar-refractivity contribution in [3.8, 4) is 11.3 Å². The van der Waals surface area contributed by atoms with Crippen molar-refractivity contribution in [1.82, 2.24) is 10.2 Å². The largest absolute Gasteiger partial charge is 0.382 e. The van der Waals surface area contributed by atoms with E-state index in [9.17, 15) is 4.39 Å². The smallest absolute Gasteiger partial charge is 0.149 e. The molecule has 0 saturated heterocycles. The summed E-state index contributed by atoms with van der Waals surface area (Å²) in [5.41, 5.74) is 9.81. The molecule has 23 heavy (non-hydrogen) atoms. The molecule has 0 spiro atoms. The lowest BCUT2D eigenvalue weighted by molar-refractivity contribution is 0.577. The van der Waals surface area contributed by atoms with Crippen molar-refractivity contribution in [2.75, 3.05) is 5.73 Å². The highest BCUT2D eigenvalue weighted by molar-refractivity contribution is 5.67. The van der Waals surface area contributed by atoms with Crippen molar-refractivity contribution in [3.63, 3.8) is 0 Å². The molecule has 124 valence electrons. The second-order valence-electron chi connectivity index (χ2n) is 6.23. The summed E-state index contributed by atoms with van der Waals surface area (Å²) in [6.45, 7) is 6.42. The first-order valence-electron chi connectivity index (χ1n) is 8.43. The van der Waals surface area contributed by atoms with Crippen molar-refractivity contribution in [3.05, 3.63) is 41.2 Å². The van der Waals surface area contributed by atoms with E-state index in [1.165, 1.54) is 37.8 Å². The Morgan fingerprint density at radius 1 is 1.09 bits per heavy atom. The predicted octanol–water partition coefficient (Wildman–Crippen LogP) is 5.25. The second-order valence-corrected chi connectivity index (χ2v) is 6.23.